The molecule has 1 amide bonds. The summed E-state index contributed by atoms with van der Waals surface area (Å²) in [6, 6.07) is -0.736. The van der Waals surface area contributed by atoms with Crippen LogP contribution in [0.1, 0.15) is 6.42 Å². The number of carbonyl (C=O) groups excluding carboxylic acids is 1. The second-order valence-electron chi connectivity index (χ2n) is 1.96. The van der Waals surface area contributed by atoms with Crippen LogP contribution in [0.2, 0.25) is 0 Å². The van der Waals surface area contributed by atoms with Gasteiger partial charge in [0.25, 0.3) is 0 Å². The number of carboxylic acids is 1. The molecule has 0 bridgehead atoms. The standard InChI is InChI=1S/C6H11NO3S.Ru/c1-11-3-2-5(6(9)10)7-4-8;/h4-5H,2-3H2,1H3,(H,7,8)(H,9,10);/t5-;/m0./s1. The Morgan fingerprint density at radius 3 is 2.67 bits per heavy atom. The molecule has 0 aliphatic carbocycles. The molecule has 2 N–H and O–H groups in total. The van der Waals surface area contributed by atoms with Crippen molar-refractivity contribution in [1.82, 2.24) is 5.32 Å². The Balaban J connectivity index is 0. The summed E-state index contributed by atoms with van der Waals surface area (Å²) in [5, 5.41) is 10.7. The minimum absolute atomic E-state index is 0. The van der Waals surface area contributed by atoms with Crippen LogP contribution < -0.4 is 5.32 Å². The first-order chi connectivity index (χ1) is 5.22. The van der Waals surface area contributed by atoms with Crippen molar-refractivity contribution in [2.24, 2.45) is 0 Å². The number of rotatable bonds is 6. The fourth-order valence-corrected chi connectivity index (χ4v) is 1.07. The van der Waals surface area contributed by atoms with Crippen molar-refractivity contribution < 1.29 is 34.2 Å². The number of thioether (sulfide) groups is 1. The van der Waals surface area contributed by atoms with Gasteiger partial charge in [-0.25, -0.2) is 4.79 Å². The fourth-order valence-electron chi connectivity index (χ4n) is 0.596. The molecule has 0 spiro atoms. The van der Waals surface area contributed by atoms with Crippen molar-refractivity contribution in [3.63, 3.8) is 0 Å². The van der Waals surface area contributed by atoms with E-state index in [-0.39, 0.29) is 19.5 Å². The summed E-state index contributed by atoms with van der Waals surface area (Å²) < 4.78 is 0. The molecular weight excluding hydrogens is 267 g/mol. The monoisotopic (exact) mass is 279 g/mol. The average Bonchev–Trinajstić information content (AvgIpc) is 1.97. The second-order valence-corrected chi connectivity index (χ2v) is 2.94. The molecule has 0 aliphatic heterocycles. The van der Waals surface area contributed by atoms with E-state index in [1.807, 2.05) is 6.26 Å². The zero-order valence-electron chi connectivity index (χ0n) is 6.59. The smallest absolute Gasteiger partial charge is 0.326 e. The van der Waals surface area contributed by atoms with Crippen molar-refractivity contribution in [2.75, 3.05) is 12.0 Å². The van der Waals surface area contributed by atoms with Crippen LogP contribution in [0.3, 0.4) is 0 Å². The summed E-state index contributed by atoms with van der Waals surface area (Å²) in [5.74, 6) is -0.246. The van der Waals surface area contributed by atoms with Gasteiger partial charge in [0.1, 0.15) is 6.04 Å². The first kappa shape index (κ1) is 14.4. The van der Waals surface area contributed by atoms with Gasteiger partial charge in [-0.05, 0) is 18.4 Å². The van der Waals surface area contributed by atoms with Gasteiger partial charge in [0.05, 0.1) is 0 Å². The molecule has 0 radical (unpaired) electrons. The third-order valence-electron chi connectivity index (χ3n) is 1.18. The van der Waals surface area contributed by atoms with Crippen LogP contribution >= 0.6 is 11.8 Å². The van der Waals surface area contributed by atoms with Crippen molar-refractivity contribution in [3.8, 4) is 0 Å². The molecule has 0 aromatic heterocycles. The van der Waals surface area contributed by atoms with E-state index in [2.05, 4.69) is 5.32 Å². The molecule has 0 heterocycles. The number of amides is 1. The molecule has 0 saturated heterocycles. The first-order valence-electron chi connectivity index (χ1n) is 3.13. The van der Waals surface area contributed by atoms with Crippen molar-refractivity contribution in [3.05, 3.63) is 0 Å². The van der Waals surface area contributed by atoms with Gasteiger partial charge in [0.15, 0.2) is 0 Å². The van der Waals surface area contributed by atoms with Crippen LogP contribution in [0.25, 0.3) is 0 Å². The molecule has 0 saturated carbocycles. The van der Waals surface area contributed by atoms with E-state index in [4.69, 9.17) is 5.11 Å². The molecule has 0 rings (SSSR count). The van der Waals surface area contributed by atoms with Gasteiger partial charge in [-0.15, -0.1) is 0 Å². The maximum atomic E-state index is 10.4. The van der Waals surface area contributed by atoms with E-state index in [0.717, 1.165) is 5.75 Å². The third kappa shape index (κ3) is 6.61. The van der Waals surface area contributed by atoms with Crippen LogP contribution in [-0.2, 0) is 29.1 Å². The molecule has 0 aliphatic rings. The van der Waals surface area contributed by atoms with E-state index in [1.165, 1.54) is 0 Å². The molecule has 0 aromatic carbocycles. The molecule has 0 aromatic rings. The topological polar surface area (TPSA) is 66.4 Å². The number of carbonyl (C=O) groups is 2. The molecule has 72 valence electrons. The molecule has 6 heteroatoms. The summed E-state index contributed by atoms with van der Waals surface area (Å²) in [6.07, 6.45) is 2.77. The van der Waals surface area contributed by atoms with Gasteiger partial charge in [-0.2, -0.15) is 11.8 Å². The maximum absolute atomic E-state index is 10.4. The number of carboxylic acid groups (broad SMARTS) is 1. The second kappa shape index (κ2) is 9.01. The Hall–Kier alpha value is -0.0866. The number of hydrogen-bond donors (Lipinski definition) is 2. The quantitative estimate of drug-likeness (QED) is 0.527. The predicted molar refractivity (Wildman–Crippen MR) is 43.6 cm³/mol. The zero-order chi connectivity index (χ0) is 8.69. The van der Waals surface area contributed by atoms with Crippen LogP contribution in [-0.4, -0.2) is 35.5 Å². The number of hydrogen-bond acceptors (Lipinski definition) is 3. The molecule has 12 heavy (non-hydrogen) atoms. The van der Waals surface area contributed by atoms with Gasteiger partial charge in [0.2, 0.25) is 6.41 Å². The largest absolute Gasteiger partial charge is 0.480 e. The maximum Gasteiger partial charge on any atom is 0.326 e. The van der Waals surface area contributed by atoms with Gasteiger partial charge in [-0.3, -0.25) is 4.79 Å². The van der Waals surface area contributed by atoms with Crippen LogP contribution in [0.5, 0.6) is 0 Å². The van der Waals surface area contributed by atoms with Gasteiger partial charge >= 0.3 is 5.97 Å². The summed E-state index contributed by atoms with van der Waals surface area (Å²) in [7, 11) is 0. The van der Waals surface area contributed by atoms with Crippen molar-refractivity contribution in [1.29, 1.82) is 0 Å². The number of aliphatic carboxylic acids is 1. The summed E-state index contributed by atoms with van der Waals surface area (Å²) >= 11 is 1.55. The predicted octanol–water partition coefficient (Wildman–Crippen LogP) is -0.0638. The minimum atomic E-state index is -0.980. The van der Waals surface area contributed by atoms with Crippen LogP contribution in [0, 0.1) is 0 Å². The van der Waals surface area contributed by atoms with E-state index in [0.29, 0.717) is 12.8 Å². The Morgan fingerprint density at radius 1 is 1.75 bits per heavy atom. The Morgan fingerprint density at radius 2 is 2.33 bits per heavy atom. The first-order valence-corrected chi connectivity index (χ1v) is 4.53. The summed E-state index contributed by atoms with van der Waals surface area (Å²) in [4.78, 5) is 20.3. The SMILES string of the molecule is CSCC[C@H](NC=O)C(=O)O.[Ru]. The van der Waals surface area contributed by atoms with Crippen LogP contribution in [0.4, 0.5) is 0 Å². The summed E-state index contributed by atoms with van der Waals surface area (Å²) in [5.41, 5.74) is 0. The van der Waals surface area contributed by atoms with E-state index in [9.17, 15) is 9.59 Å². The normalized spacial score (nSPS) is 11.1. The zero-order valence-corrected chi connectivity index (χ0v) is 9.15. The Kier molecular flexibility index (Phi) is 10.8. The molecule has 0 fully saturated rings. The van der Waals surface area contributed by atoms with Crippen LogP contribution in [0.15, 0.2) is 0 Å². The molecule has 0 unspecified atom stereocenters. The number of nitrogens with one attached hydrogen (secondary N) is 1. The fraction of sp³-hybridized carbons (Fsp3) is 0.667. The molecule has 1 atom stereocenters. The third-order valence-corrected chi connectivity index (χ3v) is 1.82. The van der Waals surface area contributed by atoms with E-state index in [1.54, 1.807) is 11.8 Å². The van der Waals surface area contributed by atoms with E-state index >= 15 is 0 Å². The minimum Gasteiger partial charge on any atom is -0.480 e. The summed E-state index contributed by atoms with van der Waals surface area (Å²) in [6.45, 7) is 0. The Labute approximate surface area is 88.2 Å². The van der Waals surface area contributed by atoms with Gasteiger partial charge < -0.3 is 10.4 Å². The van der Waals surface area contributed by atoms with Gasteiger partial charge in [0, 0.05) is 19.5 Å². The van der Waals surface area contributed by atoms with Gasteiger partial charge in [-0.1, -0.05) is 0 Å². The molecule has 4 nitrogen and oxygen atoms in total. The van der Waals surface area contributed by atoms with Crippen molar-refractivity contribution >= 4 is 24.1 Å². The van der Waals surface area contributed by atoms with Crippen molar-refractivity contribution in [2.45, 2.75) is 12.5 Å². The Bertz CT molecular complexity index is 145. The molecular formula is C6H11NO3RuS. The van der Waals surface area contributed by atoms with E-state index < -0.39 is 12.0 Å². The average molecular weight is 278 g/mol.